The van der Waals surface area contributed by atoms with Crippen LogP contribution < -0.4 is 15.4 Å². The van der Waals surface area contributed by atoms with E-state index in [2.05, 4.69) is 20.6 Å². The van der Waals surface area contributed by atoms with Crippen molar-refractivity contribution in [2.75, 3.05) is 24.3 Å². The number of halogens is 1. The van der Waals surface area contributed by atoms with Gasteiger partial charge in [0.2, 0.25) is 5.75 Å². The van der Waals surface area contributed by atoms with Crippen LogP contribution in [0.2, 0.25) is 0 Å². The summed E-state index contributed by atoms with van der Waals surface area (Å²) in [6.07, 6.45) is 1.45. The van der Waals surface area contributed by atoms with E-state index < -0.39 is 0 Å². The highest BCUT2D eigenvalue weighted by Gasteiger charge is 2.12. The van der Waals surface area contributed by atoms with Crippen LogP contribution in [-0.4, -0.2) is 23.6 Å². The zero-order valence-corrected chi connectivity index (χ0v) is 11.7. The van der Waals surface area contributed by atoms with E-state index in [1.54, 1.807) is 13.2 Å². The number of methoxy groups -OCH3 is 1. The minimum Gasteiger partial charge on any atom is -0.490 e. The van der Waals surface area contributed by atoms with Gasteiger partial charge in [-0.3, -0.25) is 0 Å². The lowest BCUT2D eigenvalue weighted by Gasteiger charge is -2.14. The predicted molar refractivity (Wildman–Crippen MR) is 77.2 cm³/mol. The molecule has 0 aliphatic carbocycles. The number of nitrogens with one attached hydrogen (secondary N) is 2. The largest absolute Gasteiger partial charge is 0.490 e. The lowest BCUT2D eigenvalue weighted by molar-refractivity contribution is 0.415. The van der Waals surface area contributed by atoms with Gasteiger partial charge in [-0.25, -0.2) is 14.4 Å². The fourth-order valence-electron chi connectivity index (χ4n) is 1.84. The Balaban J connectivity index is 2.35. The first kappa shape index (κ1) is 14.0. The molecule has 0 saturated heterocycles. The number of hydrogen-bond donors (Lipinski definition) is 2. The van der Waals surface area contributed by atoms with Gasteiger partial charge in [-0.2, -0.15) is 0 Å². The second kappa shape index (κ2) is 6.18. The smallest absolute Gasteiger partial charge is 0.204 e. The average Bonchev–Trinajstić information content (AvgIpc) is 2.42. The summed E-state index contributed by atoms with van der Waals surface area (Å²) in [4.78, 5) is 8.30. The summed E-state index contributed by atoms with van der Waals surface area (Å²) < 4.78 is 18.4. The summed E-state index contributed by atoms with van der Waals surface area (Å²) >= 11 is 0. The molecule has 0 atom stereocenters. The molecule has 2 rings (SSSR count). The second-order valence-corrected chi connectivity index (χ2v) is 4.22. The molecule has 0 spiro atoms. The molecule has 5 nitrogen and oxygen atoms in total. The van der Waals surface area contributed by atoms with Crippen molar-refractivity contribution < 1.29 is 9.13 Å². The van der Waals surface area contributed by atoms with Gasteiger partial charge in [-0.15, -0.1) is 0 Å². The Bertz CT molecular complexity index is 604. The third kappa shape index (κ3) is 2.96. The van der Waals surface area contributed by atoms with E-state index in [1.165, 1.54) is 18.5 Å². The number of aromatic nitrogens is 2. The van der Waals surface area contributed by atoms with E-state index in [9.17, 15) is 4.39 Å². The molecule has 0 fully saturated rings. The van der Waals surface area contributed by atoms with Gasteiger partial charge >= 0.3 is 0 Å². The average molecular weight is 276 g/mol. The van der Waals surface area contributed by atoms with Crippen LogP contribution in [0.3, 0.4) is 0 Å². The van der Waals surface area contributed by atoms with Gasteiger partial charge in [0, 0.05) is 12.2 Å². The Morgan fingerprint density at radius 3 is 2.65 bits per heavy atom. The maximum absolute atomic E-state index is 13.1. The summed E-state index contributed by atoms with van der Waals surface area (Å²) in [5.74, 6) is 1.41. The lowest BCUT2D eigenvalue weighted by atomic mass is 10.2. The van der Waals surface area contributed by atoms with Gasteiger partial charge in [0.05, 0.1) is 7.11 Å². The molecule has 0 unspecified atom stereocenters. The van der Waals surface area contributed by atoms with E-state index in [4.69, 9.17) is 4.74 Å². The number of nitrogens with zero attached hydrogens (tertiary/aromatic N) is 2. The molecule has 1 aromatic carbocycles. The molecular formula is C14H17FN4O. The maximum Gasteiger partial charge on any atom is 0.204 e. The number of anilines is 3. The quantitative estimate of drug-likeness (QED) is 0.878. The highest BCUT2D eigenvalue weighted by molar-refractivity contribution is 5.70. The minimum atomic E-state index is -0.268. The van der Waals surface area contributed by atoms with Crippen molar-refractivity contribution in [2.24, 2.45) is 0 Å². The number of hydrogen-bond acceptors (Lipinski definition) is 5. The van der Waals surface area contributed by atoms with E-state index in [-0.39, 0.29) is 5.82 Å². The molecule has 0 bridgehead atoms. The van der Waals surface area contributed by atoms with Gasteiger partial charge in [0.1, 0.15) is 12.1 Å². The van der Waals surface area contributed by atoms with Crippen LogP contribution in [0.25, 0.3) is 0 Å². The Hall–Kier alpha value is -2.37. The van der Waals surface area contributed by atoms with Crippen molar-refractivity contribution in [3.8, 4) is 5.75 Å². The van der Waals surface area contributed by atoms with E-state index in [0.717, 1.165) is 17.8 Å². The summed E-state index contributed by atoms with van der Waals surface area (Å²) in [6.45, 7) is 4.52. The van der Waals surface area contributed by atoms with Gasteiger partial charge in [0.25, 0.3) is 0 Å². The van der Waals surface area contributed by atoms with Crippen LogP contribution in [0.15, 0.2) is 24.5 Å². The first-order valence-electron chi connectivity index (χ1n) is 6.31. The first-order valence-corrected chi connectivity index (χ1v) is 6.31. The van der Waals surface area contributed by atoms with Gasteiger partial charge < -0.3 is 15.4 Å². The topological polar surface area (TPSA) is 59.1 Å². The van der Waals surface area contributed by atoms with Crippen LogP contribution in [0.4, 0.5) is 21.7 Å². The number of ether oxygens (including phenoxy) is 1. The van der Waals surface area contributed by atoms with Crippen molar-refractivity contribution >= 4 is 17.3 Å². The summed E-state index contributed by atoms with van der Waals surface area (Å²) in [5.41, 5.74) is 1.56. The Morgan fingerprint density at radius 1 is 1.25 bits per heavy atom. The van der Waals surface area contributed by atoms with E-state index >= 15 is 0 Å². The maximum atomic E-state index is 13.1. The summed E-state index contributed by atoms with van der Waals surface area (Å²) in [7, 11) is 1.56. The Labute approximate surface area is 117 Å². The molecule has 0 amide bonds. The summed E-state index contributed by atoms with van der Waals surface area (Å²) in [5, 5.41) is 6.24. The molecule has 0 aliphatic rings. The van der Waals surface area contributed by atoms with Crippen LogP contribution in [0, 0.1) is 12.7 Å². The fourth-order valence-corrected chi connectivity index (χ4v) is 1.84. The minimum absolute atomic E-state index is 0.268. The van der Waals surface area contributed by atoms with Crippen molar-refractivity contribution in [1.82, 2.24) is 9.97 Å². The Kier molecular flexibility index (Phi) is 4.34. The second-order valence-electron chi connectivity index (χ2n) is 4.22. The first-order chi connectivity index (χ1) is 9.65. The van der Waals surface area contributed by atoms with Gasteiger partial charge in [-0.05, 0) is 37.6 Å². The molecular weight excluding hydrogens is 259 g/mol. The van der Waals surface area contributed by atoms with Crippen molar-refractivity contribution in [2.45, 2.75) is 13.8 Å². The molecule has 0 radical (unpaired) electrons. The van der Waals surface area contributed by atoms with Crippen molar-refractivity contribution in [3.05, 3.63) is 35.9 Å². The molecule has 0 aliphatic heterocycles. The van der Waals surface area contributed by atoms with Crippen LogP contribution in [0.1, 0.15) is 12.5 Å². The molecule has 106 valence electrons. The van der Waals surface area contributed by atoms with E-state index in [0.29, 0.717) is 17.4 Å². The highest BCUT2D eigenvalue weighted by Crippen LogP contribution is 2.32. The third-order valence-electron chi connectivity index (χ3n) is 2.79. The SMILES string of the molecule is CCNc1ncnc(Nc2ccc(F)cc2C)c1OC. The lowest BCUT2D eigenvalue weighted by Crippen LogP contribution is -2.06. The van der Waals surface area contributed by atoms with Gasteiger partial charge in [0.15, 0.2) is 11.6 Å². The van der Waals surface area contributed by atoms with Crippen LogP contribution in [-0.2, 0) is 0 Å². The van der Waals surface area contributed by atoms with E-state index in [1.807, 2.05) is 13.8 Å². The monoisotopic (exact) mass is 276 g/mol. The number of benzene rings is 1. The highest BCUT2D eigenvalue weighted by atomic mass is 19.1. The van der Waals surface area contributed by atoms with Crippen molar-refractivity contribution in [3.63, 3.8) is 0 Å². The molecule has 2 aromatic rings. The molecule has 1 aromatic heterocycles. The molecule has 1 heterocycles. The number of rotatable bonds is 5. The fraction of sp³-hybridized carbons (Fsp3) is 0.286. The molecule has 0 saturated carbocycles. The Morgan fingerprint density at radius 2 is 2.00 bits per heavy atom. The van der Waals surface area contributed by atoms with Crippen LogP contribution in [0.5, 0.6) is 5.75 Å². The van der Waals surface area contributed by atoms with Crippen LogP contribution >= 0.6 is 0 Å². The normalized spacial score (nSPS) is 10.2. The standard InChI is InChI=1S/C14H17FN4O/c1-4-16-13-12(20-3)14(18-8-17-13)19-11-6-5-10(15)7-9(11)2/h5-8H,4H2,1-3H3,(H2,16,17,18,19). The summed E-state index contributed by atoms with van der Waals surface area (Å²) in [6, 6.07) is 4.52. The van der Waals surface area contributed by atoms with Crippen molar-refractivity contribution in [1.29, 1.82) is 0 Å². The third-order valence-corrected chi connectivity index (χ3v) is 2.79. The molecule has 20 heavy (non-hydrogen) atoms. The number of aryl methyl sites for hydroxylation is 1. The zero-order valence-electron chi connectivity index (χ0n) is 11.7. The molecule has 2 N–H and O–H groups in total. The predicted octanol–water partition coefficient (Wildman–Crippen LogP) is 3.11. The van der Waals surface area contributed by atoms with Gasteiger partial charge in [-0.1, -0.05) is 0 Å². The molecule has 6 heteroatoms. The zero-order chi connectivity index (χ0) is 14.5.